The maximum absolute atomic E-state index is 6.04. The van der Waals surface area contributed by atoms with Gasteiger partial charge in [0.15, 0.2) is 0 Å². The van der Waals surface area contributed by atoms with E-state index in [0.717, 1.165) is 37.1 Å². The number of nitrogens with two attached hydrogens (primary N) is 1. The summed E-state index contributed by atoms with van der Waals surface area (Å²) in [6, 6.07) is 7.93. The van der Waals surface area contributed by atoms with Crippen molar-refractivity contribution in [3.05, 3.63) is 35.5 Å². The van der Waals surface area contributed by atoms with Crippen LogP contribution in [0.1, 0.15) is 0 Å². The monoisotopic (exact) mass is 320 g/mol. The highest BCUT2D eigenvalue weighted by Crippen LogP contribution is 2.28. The van der Waals surface area contributed by atoms with Gasteiger partial charge in [0.1, 0.15) is 0 Å². The SMILES string of the molecule is NC(=S)CN1CCN(c2ccnc3cc(Cl)ccc23)CC1. The summed E-state index contributed by atoms with van der Waals surface area (Å²) in [6.07, 6.45) is 1.84. The van der Waals surface area contributed by atoms with Crippen LogP contribution >= 0.6 is 23.8 Å². The first kappa shape index (κ1) is 14.5. The van der Waals surface area contributed by atoms with Crippen molar-refractivity contribution in [1.82, 2.24) is 9.88 Å². The molecule has 4 nitrogen and oxygen atoms in total. The summed E-state index contributed by atoms with van der Waals surface area (Å²) >= 11 is 11.0. The summed E-state index contributed by atoms with van der Waals surface area (Å²) in [6.45, 7) is 4.56. The van der Waals surface area contributed by atoms with Gasteiger partial charge in [-0.1, -0.05) is 23.8 Å². The van der Waals surface area contributed by atoms with Crippen molar-refractivity contribution < 1.29 is 0 Å². The highest BCUT2D eigenvalue weighted by molar-refractivity contribution is 7.80. The van der Waals surface area contributed by atoms with Crippen LogP contribution in [0.3, 0.4) is 0 Å². The van der Waals surface area contributed by atoms with Crippen LogP contribution in [-0.4, -0.2) is 47.6 Å². The van der Waals surface area contributed by atoms with Gasteiger partial charge in [0, 0.05) is 55.0 Å². The lowest BCUT2D eigenvalue weighted by atomic mass is 10.1. The standard InChI is InChI=1S/C15H17ClN4S/c16-11-1-2-12-13(9-11)18-4-3-14(12)20-7-5-19(6-8-20)10-15(17)21/h1-4,9H,5-8,10H2,(H2,17,21). The van der Waals surface area contributed by atoms with Gasteiger partial charge in [0.2, 0.25) is 0 Å². The molecule has 21 heavy (non-hydrogen) atoms. The fraction of sp³-hybridized carbons (Fsp3) is 0.333. The summed E-state index contributed by atoms with van der Waals surface area (Å²) in [7, 11) is 0. The minimum Gasteiger partial charge on any atom is -0.392 e. The van der Waals surface area contributed by atoms with Gasteiger partial charge in [0.25, 0.3) is 0 Å². The molecule has 110 valence electrons. The van der Waals surface area contributed by atoms with Crippen molar-refractivity contribution in [3.8, 4) is 0 Å². The largest absolute Gasteiger partial charge is 0.392 e. The van der Waals surface area contributed by atoms with E-state index in [9.17, 15) is 0 Å². The first-order valence-corrected chi connectivity index (χ1v) is 7.72. The summed E-state index contributed by atoms with van der Waals surface area (Å²) < 4.78 is 0. The number of nitrogens with zero attached hydrogens (tertiary/aromatic N) is 3. The summed E-state index contributed by atoms with van der Waals surface area (Å²) in [5.41, 5.74) is 7.76. The highest BCUT2D eigenvalue weighted by atomic mass is 35.5. The predicted octanol–water partition coefficient (Wildman–Crippen LogP) is 2.30. The molecule has 2 aromatic rings. The van der Waals surface area contributed by atoms with E-state index in [-0.39, 0.29) is 0 Å². The minimum atomic E-state index is 0.562. The zero-order valence-corrected chi connectivity index (χ0v) is 13.2. The van der Waals surface area contributed by atoms with E-state index in [1.807, 2.05) is 24.4 Å². The highest BCUT2D eigenvalue weighted by Gasteiger charge is 2.19. The van der Waals surface area contributed by atoms with Crippen LogP contribution < -0.4 is 10.6 Å². The quantitative estimate of drug-likeness (QED) is 0.879. The second kappa shape index (κ2) is 6.13. The Morgan fingerprint density at radius 2 is 2.00 bits per heavy atom. The average Bonchev–Trinajstić information content (AvgIpc) is 2.46. The van der Waals surface area contributed by atoms with Gasteiger partial charge in [-0.05, 0) is 24.3 Å². The summed E-state index contributed by atoms with van der Waals surface area (Å²) in [5, 5.41) is 1.86. The number of hydrogen-bond donors (Lipinski definition) is 1. The van der Waals surface area contributed by atoms with Crippen LogP contribution in [0.15, 0.2) is 30.5 Å². The molecule has 1 fully saturated rings. The third kappa shape index (κ3) is 3.26. The molecule has 1 aromatic heterocycles. The molecule has 0 bridgehead atoms. The molecule has 3 rings (SSSR count). The minimum absolute atomic E-state index is 0.562. The fourth-order valence-electron chi connectivity index (χ4n) is 2.75. The van der Waals surface area contributed by atoms with Gasteiger partial charge in [-0.15, -0.1) is 0 Å². The lowest BCUT2D eigenvalue weighted by molar-refractivity contribution is 0.292. The topological polar surface area (TPSA) is 45.4 Å². The van der Waals surface area contributed by atoms with Gasteiger partial charge in [-0.3, -0.25) is 9.88 Å². The van der Waals surface area contributed by atoms with E-state index in [2.05, 4.69) is 20.9 Å². The van der Waals surface area contributed by atoms with E-state index in [0.29, 0.717) is 16.6 Å². The lowest BCUT2D eigenvalue weighted by Crippen LogP contribution is -2.48. The Kier molecular flexibility index (Phi) is 4.24. The average molecular weight is 321 g/mol. The number of piperazine rings is 1. The molecule has 1 aliphatic rings. The van der Waals surface area contributed by atoms with Crippen LogP contribution in [-0.2, 0) is 0 Å². The first-order valence-electron chi connectivity index (χ1n) is 6.93. The van der Waals surface area contributed by atoms with Gasteiger partial charge in [0.05, 0.1) is 10.5 Å². The van der Waals surface area contributed by atoms with Crippen LogP contribution in [0.2, 0.25) is 5.02 Å². The Bertz CT molecular complexity index is 668. The number of fused-ring (bicyclic) bond motifs is 1. The van der Waals surface area contributed by atoms with Gasteiger partial charge in [-0.25, -0.2) is 0 Å². The number of aromatic nitrogens is 1. The smallest absolute Gasteiger partial charge is 0.0870 e. The number of pyridine rings is 1. The van der Waals surface area contributed by atoms with Gasteiger partial charge in [-0.2, -0.15) is 0 Å². The summed E-state index contributed by atoms with van der Waals surface area (Å²) in [5.74, 6) is 0. The van der Waals surface area contributed by atoms with Crippen molar-refractivity contribution in [2.45, 2.75) is 0 Å². The van der Waals surface area contributed by atoms with Crippen molar-refractivity contribution in [2.24, 2.45) is 5.73 Å². The van der Waals surface area contributed by atoms with Crippen molar-refractivity contribution in [3.63, 3.8) is 0 Å². The third-order valence-electron chi connectivity index (χ3n) is 3.77. The number of halogens is 1. The van der Waals surface area contributed by atoms with E-state index in [1.165, 1.54) is 5.69 Å². The normalized spacial score (nSPS) is 16.3. The Labute approximate surface area is 134 Å². The number of hydrogen-bond acceptors (Lipinski definition) is 4. The molecule has 0 saturated carbocycles. The van der Waals surface area contributed by atoms with Crippen LogP contribution in [0, 0.1) is 0 Å². The lowest BCUT2D eigenvalue weighted by Gasteiger charge is -2.36. The van der Waals surface area contributed by atoms with Crippen LogP contribution in [0.4, 0.5) is 5.69 Å². The Hall–Kier alpha value is -1.43. The van der Waals surface area contributed by atoms with E-state index < -0.39 is 0 Å². The molecule has 1 saturated heterocycles. The molecule has 0 aliphatic carbocycles. The molecule has 6 heteroatoms. The third-order valence-corrected chi connectivity index (χ3v) is 4.14. The Morgan fingerprint density at radius 3 is 2.71 bits per heavy atom. The van der Waals surface area contributed by atoms with E-state index >= 15 is 0 Å². The molecule has 0 radical (unpaired) electrons. The maximum Gasteiger partial charge on any atom is 0.0870 e. The second-order valence-corrected chi connectivity index (χ2v) is 6.18. The number of thiocarbonyl (C=S) groups is 1. The molecule has 1 aromatic carbocycles. The first-order chi connectivity index (χ1) is 10.1. The number of rotatable bonds is 3. The molecule has 1 aliphatic heterocycles. The summed E-state index contributed by atoms with van der Waals surface area (Å²) in [4.78, 5) is 9.63. The molecule has 0 amide bonds. The number of benzene rings is 1. The van der Waals surface area contributed by atoms with Crippen LogP contribution in [0.25, 0.3) is 10.9 Å². The molecular weight excluding hydrogens is 304 g/mol. The predicted molar refractivity (Wildman–Crippen MR) is 92.2 cm³/mol. The maximum atomic E-state index is 6.04. The molecule has 2 heterocycles. The van der Waals surface area contributed by atoms with Gasteiger partial charge < -0.3 is 10.6 Å². The number of anilines is 1. The van der Waals surface area contributed by atoms with Crippen LogP contribution in [0.5, 0.6) is 0 Å². The van der Waals surface area contributed by atoms with E-state index in [4.69, 9.17) is 29.6 Å². The molecule has 2 N–H and O–H groups in total. The Balaban J connectivity index is 1.81. The Morgan fingerprint density at radius 1 is 1.24 bits per heavy atom. The zero-order chi connectivity index (χ0) is 14.8. The fourth-order valence-corrected chi connectivity index (χ4v) is 3.10. The van der Waals surface area contributed by atoms with Crippen molar-refractivity contribution in [1.29, 1.82) is 0 Å². The van der Waals surface area contributed by atoms with Crippen molar-refractivity contribution >= 4 is 45.4 Å². The molecule has 0 atom stereocenters. The molecule has 0 unspecified atom stereocenters. The molecule has 0 spiro atoms. The zero-order valence-electron chi connectivity index (χ0n) is 11.6. The van der Waals surface area contributed by atoms with Gasteiger partial charge >= 0.3 is 0 Å². The molecular formula is C15H17ClN4S. The van der Waals surface area contributed by atoms with E-state index in [1.54, 1.807) is 0 Å². The van der Waals surface area contributed by atoms with Crippen molar-refractivity contribution in [2.75, 3.05) is 37.6 Å². The second-order valence-electron chi connectivity index (χ2n) is 5.22.